The van der Waals surface area contributed by atoms with Crippen molar-refractivity contribution < 1.29 is 13.4 Å². The number of hydrogen-bond donors (Lipinski definition) is 0. The Kier molecular flexibility index (Phi) is 5.63. The lowest BCUT2D eigenvalue weighted by atomic mass is 10.2. The molecule has 1 fully saturated rings. The van der Waals surface area contributed by atoms with Gasteiger partial charge in [-0.3, -0.25) is 0 Å². The number of hydrogen-bond acceptors (Lipinski definition) is 7. The molecule has 1 atom stereocenters. The minimum atomic E-state index is -1.50. The van der Waals surface area contributed by atoms with Gasteiger partial charge in [0, 0.05) is 24.1 Å². The quantitative estimate of drug-likeness (QED) is 0.613. The summed E-state index contributed by atoms with van der Waals surface area (Å²) < 4.78 is 24.5. The second-order valence-electron chi connectivity index (χ2n) is 6.16. The van der Waals surface area contributed by atoms with Gasteiger partial charge in [0.05, 0.1) is 18.8 Å². The summed E-state index contributed by atoms with van der Waals surface area (Å²) in [6.07, 6.45) is 0. The van der Waals surface area contributed by atoms with E-state index in [4.69, 9.17) is 32.4 Å². The van der Waals surface area contributed by atoms with Crippen LogP contribution in [0.4, 0.5) is 5.88 Å². The summed E-state index contributed by atoms with van der Waals surface area (Å²) in [6, 6.07) is 9.12. The van der Waals surface area contributed by atoms with Crippen LogP contribution in [0.25, 0.3) is 11.4 Å². The first-order valence-corrected chi connectivity index (χ1v) is 10.4. The summed E-state index contributed by atoms with van der Waals surface area (Å²) in [6.45, 7) is 4.36. The third kappa shape index (κ3) is 4.05. The molecule has 2 aromatic heterocycles. The standard InChI is InChI=1S/C18H16Cl2N4O3S/c1-11-2-4-12(5-3-11)28(25)14-10-13(15-21-17(19)23-18(20)22-15)16(27-14)24-6-8-26-9-7-24/h2-5,10H,6-9H2,1H3. The van der Waals surface area contributed by atoms with Crippen molar-refractivity contribution in [2.45, 2.75) is 16.9 Å². The van der Waals surface area contributed by atoms with Gasteiger partial charge in [-0.2, -0.15) is 15.0 Å². The fourth-order valence-corrected chi connectivity index (χ4v) is 4.20. The van der Waals surface area contributed by atoms with Crippen molar-refractivity contribution in [2.75, 3.05) is 31.2 Å². The largest absolute Gasteiger partial charge is 0.431 e. The number of ether oxygens (including phenoxy) is 1. The number of anilines is 1. The summed E-state index contributed by atoms with van der Waals surface area (Å²) in [5.41, 5.74) is 1.65. The van der Waals surface area contributed by atoms with Crippen LogP contribution in [-0.4, -0.2) is 45.5 Å². The maximum Gasteiger partial charge on any atom is 0.227 e. The SMILES string of the molecule is Cc1ccc(S(=O)c2cc(-c3nc(Cl)nc(Cl)n3)c(N3CCOCC3)o2)cc1. The van der Waals surface area contributed by atoms with Gasteiger partial charge in [-0.1, -0.05) is 17.7 Å². The topological polar surface area (TPSA) is 81.4 Å². The number of benzene rings is 1. The van der Waals surface area contributed by atoms with Gasteiger partial charge in [0.25, 0.3) is 0 Å². The van der Waals surface area contributed by atoms with Crippen molar-refractivity contribution in [3.63, 3.8) is 0 Å². The minimum absolute atomic E-state index is 0.0228. The molecule has 1 unspecified atom stereocenters. The van der Waals surface area contributed by atoms with Crippen molar-refractivity contribution in [2.24, 2.45) is 0 Å². The van der Waals surface area contributed by atoms with Crippen LogP contribution in [0.15, 0.2) is 44.7 Å². The van der Waals surface area contributed by atoms with Crippen molar-refractivity contribution in [3.05, 3.63) is 46.5 Å². The van der Waals surface area contributed by atoms with E-state index in [1.807, 2.05) is 36.1 Å². The van der Waals surface area contributed by atoms with Gasteiger partial charge in [0.1, 0.15) is 10.8 Å². The number of rotatable bonds is 4. The van der Waals surface area contributed by atoms with Crippen molar-refractivity contribution in [1.29, 1.82) is 0 Å². The normalized spacial score (nSPS) is 15.6. The highest BCUT2D eigenvalue weighted by atomic mass is 35.5. The van der Waals surface area contributed by atoms with Crippen LogP contribution in [0.3, 0.4) is 0 Å². The van der Waals surface area contributed by atoms with Gasteiger partial charge in [-0.05, 0) is 42.3 Å². The van der Waals surface area contributed by atoms with E-state index in [1.54, 1.807) is 6.07 Å². The van der Waals surface area contributed by atoms with Crippen LogP contribution in [0, 0.1) is 6.92 Å². The van der Waals surface area contributed by atoms with Crippen LogP contribution in [-0.2, 0) is 15.5 Å². The molecular weight excluding hydrogens is 423 g/mol. The third-order valence-electron chi connectivity index (χ3n) is 4.23. The van der Waals surface area contributed by atoms with Gasteiger partial charge in [-0.25, -0.2) is 4.21 Å². The molecule has 3 heterocycles. The van der Waals surface area contributed by atoms with E-state index in [1.165, 1.54) is 0 Å². The summed E-state index contributed by atoms with van der Waals surface area (Å²) in [5, 5.41) is 0.253. The number of aryl methyl sites for hydroxylation is 1. The molecule has 0 amide bonds. The number of nitrogens with zero attached hydrogens (tertiary/aromatic N) is 4. The highest BCUT2D eigenvalue weighted by molar-refractivity contribution is 7.85. The first-order valence-electron chi connectivity index (χ1n) is 8.53. The molecule has 10 heteroatoms. The van der Waals surface area contributed by atoms with Crippen molar-refractivity contribution >= 4 is 39.9 Å². The Labute approximate surface area is 174 Å². The number of aromatic nitrogens is 3. The average molecular weight is 439 g/mol. The van der Waals surface area contributed by atoms with E-state index in [-0.39, 0.29) is 16.4 Å². The Morgan fingerprint density at radius 1 is 1.04 bits per heavy atom. The number of morpholine rings is 1. The monoisotopic (exact) mass is 438 g/mol. The maximum absolute atomic E-state index is 13.0. The molecule has 146 valence electrons. The molecular formula is C18H16Cl2N4O3S. The van der Waals surface area contributed by atoms with Crippen molar-refractivity contribution in [3.8, 4) is 11.4 Å². The van der Waals surface area contributed by atoms with Crippen LogP contribution >= 0.6 is 23.2 Å². The smallest absolute Gasteiger partial charge is 0.227 e. The number of furan rings is 1. The van der Waals surface area contributed by atoms with Crippen LogP contribution in [0.2, 0.25) is 10.6 Å². The molecule has 0 bridgehead atoms. The van der Waals surface area contributed by atoms with E-state index in [2.05, 4.69) is 15.0 Å². The second kappa shape index (κ2) is 8.16. The second-order valence-corrected chi connectivity index (χ2v) is 8.25. The molecule has 3 aromatic rings. The van der Waals surface area contributed by atoms with E-state index in [0.29, 0.717) is 47.7 Å². The molecule has 1 aromatic carbocycles. The molecule has 0 N–H and O–H groups in total. The lowest BCUT2D eigenvalue weighted by molar-refractivity contribution is 0.120. The molecule has 1 saturated heterocycles. The maximum atomic E-state index is 13.0. The van der Waals surface area contributed by atoms with Gasteiger partial charge < -0.3 is 14.1 Å². The highest BCUT2D eigenvalue weighted by Gasteiger charge is 2.26. The predicted octanol–water partition coefficient (Wildman–Crippen LogP) is 3.75. The van der Waals surface area contributed by atoms with Gasteiger partial charge >= 0.3 is 0 Å². The van der Waals surface area contributed by atoms with Gasteiger partial charge in [0.15, 0.2) is 10.9 Å². The molecule has 0 spiro atoms. The lowest BCUT2D eigenvalue weighted by Gasteiger charge is -2.27. The summed E-state index contributed by atoms with van der Waals surface area (Å²) in [4.78, 5) is 14.7. The summed E-state index contributed by atoms with van der Waals surface area (Å²) >= 11 is 11.9. The van der Waals surface area contributed by atoms with Gasteiger partial charge in [0.2, 0.25) is 16.5 Å². The van der Waals surface area contributed by atoms with Crippen LogP contribution in [0.5, 0.6) is 0 Å². The first kappa shape index (κ1) is 19.3. The third-order valence-corrected chi connectivity index (χ3v) is 5.83. The van der Waals surface area contributed by atoms with E-state index in [0.717, 1.165) is 5.56 Å². The van der Waals surface area contributed by atoms with E-state index in [9.17, 15) is 4.21 Å². The Morgan fingerprint density at radius 3 is 2.32 bits per heavy atom. The first-order chi connectivity index (χ1) is 13.5. The Morgan fingerprint density at radius 2 is 1.68 bits per heavy atom. The molecule has 0 aliphatic carbocycles. The molecule has 1 aliphatic rings. The van der Waals surface area contributed by atoms with E-state index < -0.39 is 10.8 Å². The summed E-state index contributed by atoms with van der Waals surface area (Å²) in [5.74, 6) is 0.777. The van der Waals surface area contributed by atoms with Crippen molar-refractivity contribution in [1.82, 2.24) is 15.0 Å². The van der Waals surface area contributed by atoms with Crippen LogP contribution < -0.4 is 4.90 Å². The highest BCUT2D eigenvalue weighted by Crippen LogP contribution is 2.36. The van der Waals surface area contributed by atoms with Gasteiger partial charge in [-0.15, -0.1) is 0 Å². The zero-order valence-electron chi connectivity index (χ0n) is 14.9. The molecule has 1 aliphatic heterocycles. The Balaban J connectivity index is 1.79. The predicted molar refractivity (Wildman–Crippen MR) is 106 cm³/mol. The zero-order valence-corrected chi connectivity index (χ0v) is 17.2. The number of halogens is 2. The minimum Gasteiger partial charge on any atom is -0.431 e. The summed E-state index contributed by atoms with van der Waals surface area (Å²) in [7, 11) is -1.50. The van der Waals surface area contributed by atoms with E-state index >= 15 is 0 Å². The molecule has 7 nitrogen and oxygen atoms in total. The average Bonchev–Trinajstić information content (AvgIpc) is 3.13. The molecule has 0 saturated carbocycles. The van der Waals surface area contributed by atoms with Crippen LogP contribution in [0.1, 0.15) is 5.56 Å². The molecule has 0 radical (unpaired) electrons. The zero-order chi connectivity index (χ0) is 19.7. The lowest BCUT2D eigenvalue weighted by Crippen LogP contribution is -2.36. The molecule has 4 rings (SSSR count). The fraction of sp³-hybridized carbons (Fsp3) is 0.278. The fourth-order valence-electron chi connectivity index (χ4n) is 2.84. The molecule has 28 heavy (non-hydrogen) atoms. The Bertz CT molecular complexity index is 1000. The Hall–Kier alpha value is -2.00.